The minimum atomic E-state index is -0.950. The van der Waals surface area contributed by atoms with Crippen molar-refractivity contribution in [1.29, 1.82) is 0 Å². The van der Waals surface area contributed by atoms with Crippen LogP contribution in [0.3, 0.4) is 0 Å². The summed E-state index contributed by atoms with van der Waals surface area (Å²) in [6.07, 6.45) is 5.18. The van der Waals surface area contributed by atoms with Gasteiger partial charge >= 0.3 is 5.97 Å². The van der Waals surface area contributed by atoms with E-state index in [1.54, 1.807) is 6.08 Å². The standard InChI is InChI=1S/C26H30O2/c1-17-15-22-23(26(5,6)14-13-25(22,3)4)16-21(17)18(2)20-10-8-7-9-19(20)11-12-24(27)28/h7-12,15-16H,2,13-14H2,1,3-6H3,(H,27,28)/b12-11+. The minimum Gasteiger partial charge on any atom is -0.478 e. The Labute approximate surface area is 168 Å². The molecule has 2 aromatic carbocycles. The van der Waals surface area contributed by atoms with Crippen molar-refractivity contribution in [3.63, 3.8) is 0 Å². The molecule has 1 N–H and O–H groups in total. The zero-order chi connectivity index (χ0) is 20.7. The van der Waals surface area contributed by atoms with Crippen molar-refractivity contribution in [2.45, 2.75) is 58.3 Å². The third-order valence-electron chi connectivity index (χ3n) is 6.21. The molecule has 0 spiro atoms. The minimum absolute atomic E-state index is 0.135. The lowest BCUT2D eigenvalue weighted by atomic mass is 9.62. The van der Waals surface area contributed by atoms with Gasteiger partial charge in [0, 0.05) is 6.08 Å². The molecule has 0 unspecified atom stereocenters. The summed E-state index contributed by atoms with van der Waals surface area (Å²) in [4.78, 5) is 11.0. The molecule has 0 aromatic heterocycles. The number of carbonyl (C=O) groups is 1. The quantitative estimate of drug-likeness (QED) is 0.620. The van der Waals surface area contributed by atoms with Gasteiger partial charge < -0.3 is 5.11 Å². The van der Waals surface area contributed by atoms with Crippen LogP contribution in [0, 0.1) is 6.92 Å². The van der Waals surface area contributed by atoms with Gasteiger partial charge in [-0.25, -0.2) is 4.79 Å². The summed E-state index contributed by atoms with van der Waals surface area (Å²) in [7, 11) is 0. The molecule has 0 bridgehead atoms. The first-order valence-corrected chi connectivity index (χ1v) is 9.88. The van der Waals surface area contributed by atoms with Crippen LogP contribution in [0.5, 0.6) is 0 Å². The summed E-state index contributed by atoms with van der Waals surface area (Å²) in [5.74, 6) is -0.950. The normalized spacial score (nSPS) is 17.3. The van der Waals surface area contributed by atoms with E-state index in [1.807, 2.05) is 24.3 Å². The van der Waals surface area contributed by atoms with Gasteiger partial charge in [0.15, 0.2) is 0 Å². The number of carboxylic acids is 1. The molecule has 2 heteroatoms. The number of fused-ring (bicyclic) bond motifs is 1. The van der Waals surface area contributed by atoms with Gasteiger partial charge in [-0.15, -0.1) is 0 Å². The van der Waals surface area contributed by atoms with E-state index >= 15 is 0 Å². The van der Waals surface area contributed by atoms with Crippen LogP contribution in [-0.2, 0) is 15.6 Å². The van der Waals surface area contributed by atoms with Crippen molar-refractivity contribution < 1.29 is 9.90 Å². The third kappa shape index (κ3) is 3.69. The van der Waals surface area contributed by atoms with Crippen molar-refractivity contribution >= 4 is 17.6 Å². The summed E-state index contributed by atoms with van der Waals surface area (Å²) in [5.41, 5.74) is 8.29. The van der Waals surface area contributed by atoms with E-state index in [0.717, 1.165) is 22.3 Å². The van der Waals surface area contributed by atoms with Crippen LogP contribution in [0.4, 0.5) is 0 Å². The molecule has 1 aliphatic rings. The Bertz CT molecular complexity index is 974. The number of aryl methyl sites for hydroxylation is 1. The van der Waals surface area contributed by atoms with Gasteiger partial charge in [0.1, 0.15) is 0 Å². The fourth-order valence-corrected chi connectivity index (χ4v) is 4.27. The number of hydrogen-bond acceptors (Lipinski definition) is 1. The molecule has 2 aromatic rings. The van der Waals surface area contributed by atoms with Crippen LogP contribution in [0.1, 0.15) is 73.9 Å². The van der Waals surface area contributed by atoms with Gasteiger partial charge in [-0.05, 0) is 75.6 Å². The second kappa shape index (κ2) is 7.09. The molecular weight excluding hydrogens is 344 g/mol. The average Bonchev–Trinajstić information content (AvgIpc) is 2.63. The summed E-state index contributed by atoms with van der Waals surface area (Å²) in [6, 6.07) is 12.5. The highest BCUT2D eigenvalue weighted by Crippen LogP contribution is 2.47. The van der Waals surface area contributed by atoms with Gasteiger partial charge in [-0.3, -0.25) is 0 Å². The predicted octanol–water partition coefficient (Wildman–Crippen LogP) is 6.50. The Morgan fingerprint density at radius 3 is 2.18 bits per heavy atom. The molecule has 0 atom stereocenters. The van der Waals surface area contributed by atoms with Crippen molar-refractivity contribution in [3.05, 3.63) is 82.4 Å². The first kappa shape index (κ1) is 20.1. The van der Waals surface area contributed by atoms with Crippen LogP contribution in [0.25, 0.3) is 11.6 Å². The summed E-state index contributed by atoms with van der Waals surface area (Å²) < 4.78 is 0. The molecular formula is C26H30O2. The monoisotopic (exact) mass is 374 g/mol. The number of hydrogen-bond donors (Lipinski definition) is 1. The van der Waals surface area contributed by atoms with Crippen molar-refractivity contribution in [1.82, 2.24) is 0 Å². The molecule has 28 heavy (non-hydrogen) atoms. The zero-order valence-electron chi connectivity index (χ0n) is 17.6. The predicted molar refractivity (Wildman–Crippen MR) is 118 cm³/mol. The Balaban J connectivity index is 2.14. The van der Waals surface area contributed by atoms with E-state index in [0.29, 0.717) is 0 Å². The van der Waals surface area contributed by atoms with Crippen molar-refractivity contribution in [2.75, 3.05) is 0 Å². The van der Waals surface area contributed by atoms with Gasteiger partial charge in [0.25, 0.3) is 0 Å². The first-order chi connectivity index (χ1) is 13.0. The number of aliphatic carboxylic acids is 1. The Morgan fingerprint density at radius 2 is 1.57 bits per heavy atom. The Kier molecular flexibility index (Phi) is 5.10. The van der Waals surface area contributed by atoms with E-state index in [1.165, 1.54) is 35.6 Å². The maximum Gasteiger partial charge on any atom is 0.328 e. The molecule has 0 heterocycles. The molecule has 146 valence electrons. The smallest absolute Gasteiger partial charge is 0.328 e. The van der Waals surface area contributed by atoms with E-state index < -0.39 is 5.97 Å². The summed E-state index contributed by atoms with van der Waals surface area (Å²) in [6.45, 7) is 15.9. The van der Waals surface area contributed by atoms with Crippen molar-refractivity contribution in [3.8, 4) is 0 Å². The molecule has 0 radical (unpaired) electrons. The second-order valence-electron chi connectivity index (χ2n) is 9.22. The largest absolute Gasteiger partial charge is 0.478 e. The van der Waals surface area contributed by atoms with E-state index in [9.17, 15) is 4.79 Å². The number of carboxylic acid groups (broad SMARTS) is 1. The molecule has 0 fully saturated rings. The SMILES string of the molecule is C=C(c1cc2c(cc1C)C(C)(C)CCC2(C)C)c1ccccc1/C=C/C(=O)O. The van der Waals surface area contributed by atoms with Crippen molar-refractivity contribution in [2.24, 2.45) is 0 Å². The molecule has 0 aliphatic heterocycles. The van der Waals surface area contributed by atoms with Gasteiger partial charge in [-0.2, -0.15) is 0 Å². The van der Waals surface area contributed by atoms with Crippen LogP contribution < -0.4 is 0 Å². The van der Waals surface area contributed by atoms with Gasteiger partial charge in [0.2, 0.25) is 0 Å². The van der Waals surface area contributed by atoms with Crippen LogP contribution in [-0.4, -0.2) is 11.1 Å². The molecule has 0 saturated heterocycles. The fourth-order valence-electron chi connectivity index (χ4n) is 4.27. The summed E-state index contributed by atoms with van der Waals surface area (Å²) in [5, 5.41) is 9.00. The van der Waals surface area contributed by atoms with Crippen LogP contribution in [0.2, 0.25) is 0 Å². The highest BCUT2D eigenvalue weighted by molar-refractivity contribution is 5.89. The maximum absolute atomic E-state index is 11.0. The summed E-state index contributed by atoms with van der Waals surface area (Å²) >= 11 is 0. The Hall–Kier alpha value is -2.61. The lowest BCUT2D eigenvalue weighted by Gasteiger charge is -2.42. The maximum atomic E-state index is 11.0. The fraction of sp³-hybridized carbons (Fsp3) is 0.346. The molecule has 0 amide bonds. The Morgan fingerprint density at radius 1 is 1.00 bits per heavy atom. The molecule has 2 nitrogen and oxygen atoms in total. The molecule has 0 saturated carbocycles. The number of rotatable bonds is 4. The second-order valence-corrected chi connectivity index (χ2v) is 9.22. The topological polar surface area (TPSA) is 37.3 Å². The highest BCUT2D eigenvalue weighted by Gasteiger charge is 2.37. The molecule has 1 aliphatic carbocycles. The van der Waals surface area contributed by atoms with Gasteiger partial charge in [-0.1, -0.05) is 70.7 Å². The highest BCUT2D eigenvalue weighted by atomic mass is 16.4. The third-order valence-corrected chi connectivity index (χ3v) is 6.21. The van der Waals surface area contributed by atoms with E-state index in [-0.39, 0.29) is 10.8 Å². The van der Waals surface area contributed by atoms with E-state index in [2.05, 4.69) is 53.3 Å². The zero-order valence-corrected chi connectivity index (χ0v) is 17.6. The first-order valence-electron chi connectivity index (χ1n) is 9.88. The lowest BCUT2D eigenvalue weighted by molar-refractivity contribution is -0.131. The lowest BCUT2D eigenvalue weighted by Crippen LogP contribution is -2.34. The number of benzene rings is 2. The van der Waals surface area contributed by atoms with Gasteiger partial charge in [0.05, 0.1) is 0 Å². The van der Waals surface area contributed by atoms with Crippen LogP contribution >= 0.6 is 0 Å². The molecule has 3 rings (SSSR count). The van der Waals surface area contributed by atoms with Crippen LogP contribution in [0.15, 0.2) is 49.1 Å². The average molecular weight is 375 g/mol. The van der Waals surface area contributed by atoms with E-state index in [4.69, 9.17) is 5.11 Å².